The molecule has 3 aromatic rings. The molecule has 0 aliphatic heterocycles. The third-order valence-electron chi connectivity index (χ3n) is 3.84. The highest BCUT2D eigenvalue weighted by molar-refractivity contribution is 7.92. The minimum Gasteiger partial charge on any atom is -0.326 e. The predicted molar refractivity (Wildman–Crippen MR) is 115 cm³/mol. The Morgan fingerprint density at radius 3 is 2.54 bits per heavy atom. The summed E-state index contributed by atoms with van der Waals surface area (Å²) < 4.78 is 27.9. The number of sulfonamides is 1. The quantitative estimate of drug-likeness (QED) is 0.499. The molecular formula is C19H16Cl2N2O3S2. The summed E-state index contributed by atoms with van der Waals surface area (Å²) in [7, 11) is -3.99. The Morgan fingerprint density at radius 2 is 1.82 bits per heavy atom. The van der Waals surface area contributed by atoms with Gasteiger partial charge in [-0.3, -0.25) is 9.52 Å². The molecule has 2 N–H and O–H groups in total. The molecule has 0 aliphatic carbocycles. The predicted octanol–water partition coefficient (Wildman–Crippen LogP) is 5.43. The first-order chi connectivity index (χ1) is 13.3. The van der Waals surface area contributed by atoms with E-state index in [9.17, 15) is 13.2 Å². The van der Waals surface area contributed by atoms with Gasteiger partial charge in [0.15, 0.2) is 0 Å². The van der Waals surface area contributed by atoms with Crippen molar-refractivity contribution in [1.82, 2.24) is 0 Å². The normalized spacial score (nSPS) is 11.2. The molecule has 3 rings (SSSR count). The van der Waals surface area contributed by atoms with Crippen LogP contribution in [-0.2, 0) is 21.2 Å². The summed E-state index contributed by atoms with van der Waals surface area (Å²) in [5.74, 6) is -0.212. The summed E-state index contributed by atoms with van der Waals surface area (Å²) in [6.07, 6.45) is 0.904. The average molecular weight is 455 g/mol. The van der Waals surface area contributed by atoms with Crippen LogP contribution in [0.25, 0.3) is 0 Å². The fraction of sp³-hybridized carbons (Fsp3) is 0.105. The molecule has 5 nitrogen and oxygen atoms in total. The minimum absolute atomic E-state index is 0.0378. The van der Waals surface area contributed by atoms with Gasteiger partial charge in [-0.15, -0.1) is 0 Å². The van der Waals surface area contributed by atoms with Crippen LogP contribution in [0.2, 0.25) is 10.0 Å². The van der Waals surface area contributed by atoms with E-state index < -0.39 is 10.0 Å². The second-order valence-electron chi connectivity index (χ2n) is 5.91. The summed E-state index contributed by atoms with van der Waals surface area (Å²) in [5, 5.41) is 6.95. The standard InChI is InChI=1S/C19H16Cl2N2O3S2/c20-15-3-1-2-4-17(15)23-28(25,26)18-11-14(6-7-16(18)21)22-19(24)8-5-13-9-10-27-12-13/h1-4,6-7,9-12,23H,5,8H2,(H,22,24). The number of halogens is 2. The molecule has 0 aliphatic rings. The van der Waals surface area contributed by atoms with E-state index in [1.165, 1.54) is 12.1 Å². The van der Waals surface area contributed by atoms with E-state index in [1.807, 2.05) is 16.8 Å². The molecule has 1 amide bonds. The van der Waals surface area contributed by atoms with Crippen molar-refractivity contribution in [2.75, 3.05) is 10.0 Å². The van der Waals surface area contributed by atoms with Gasteiger partial charge in [-0.2, -0.15) is 11.3 Å². The van der Waals surface area contributed by atoms with Crippen molar-refractivity contribution in [3.05, 3.63) is 74.9 Å². The summed E-state index contributed by atoms with van der Waals surface area (Å²) in [5.41, 5.74) is 1.67. The van der Waals surface area contributed by atoms with Crippen molar-refractivity contribution in [3.8, 4) is 0 Å². The van der Waals surface area contributed by atoms with Gasteiger partial charge in [-0.05, 0) is 59.1 Å². The summed E-state index contributed by atoms with van der Waals surface area (Å²) in [6.45, 7) is 0. The van der Waals surface area contributed by atoms with Crippen LogP contribution < -0.4 is 10.0 Å². The van der Waals surface area contributed by atoms with Gasteiger partial charge in [0.1, 0.15) is 4.90 Å². The van der Waals surface area contributed by atoms with Crippen molar-refractivity contribution in [2.24, 2.45) is 0 Å². The van der Waals surface area contributed by atoms with Crippen molar-refractivity contribution in [1.29, 1.82) is 0 Å². The van der Waals surface area contributed by atoms with Gasteiger partial charge >= 0.3 is 0 Å². The number of carbonyl (C=O) groups is 1. The van der Waals surface area contributed by atoms with E-state index in [0.29, 0.717) is 18.5 Å². The number of anilines is 2. The zero-order chi connectivity index (χ0) is 20.1. The number of rotatable bonds is 7. The number of nitrogens with one attached hydrogen (secondary N) is 2. The SMILES string of the molecule is O=C(CCc1ccsc1)Nc1ccc(Cl)c(S(=O)(=O)Nc2ccccc2Cl)c1. The van der Waals surface area contributed by atoms with E-state index in [-0.39, 0.29) is 26.5 Å². The Morgan fingerprint density at radius 1 is 1.04 bits per heavy atom. The third kappa shape index (κ3) is 5.26. The lowest BCUT2D eigenvalue weighted by Gasteiger charge is -2.12. The molecule has 9 heteroatoms. The Labute approximate surface area is 177 Å². The number of para-hydroxylation sites is 1. The summed E-state index contributed by atoms with van der Waals surface area (Å²) in [4.78, 5) is 12.0. The molecule has 0 radical (unpaired) electrons. The summed E-state index contributed by atoms with van der Waals surface area (Å²) >= 11 is 13.7. The first kappa shape index (κ1) is 20.7. The Hall–Kier alpha value is -2.06. The van der Waals surface area contributed by atoms with E-state index in [2.05, 4.69) is 10.0 Å². The molecule has 28 heavy (non-hydrogen) atoms. The highest BCUT2D eigenvalue weighted by Crippen LogP contribution is 2.29. The maximum absolute atomic E-state index is 12.7. The largest absolute Gasteiger partial charge is 0.326 e. The van der Waals surface area contributed by atoms with Crippen LogP contribution in [0.5, 0.6) is 0 Å². The van der Waals surface area contributed by atoms with Gasteiger partial charge in [0.2, 0.25) is 5.91 Å². The molecule has 0 atom stereocenters. The highest BCUT2D eigenvalue weighted by Gasteiger charge is 2.20. The lowest BCUT2D eigenvalue weighted by atomic mass is 10.2. The number of benzene rings is 2. The molecular weight excluding hydrogens is 439 g/mol. The molecule has 2 aromatic carbocycles. The molecule has 0 unspecified atom stereocenters. The van der Waals surface area contributed by atoms with Gasteiger partial charge < -0.3 is 5.32 Å². The monoisotopic (exact) mass is 454 g/mol. The van der Waals surface area contributed by atoms with Crippen molar-refractivity contribution < 1.29 is 13.2 Å². The Kier molecular flexibility index (Phi) is 6.61. The molecule has 0 spiro atoms. The Bertz CT molecular complexity index is 1080. The maximum atomic E-state index is 12.7. The topological polar surface area (TPSA) is 75.3 Å². The average Bonchev–Trinajstić information content (AvgIpc) is 3.17. The zero-order valence-corrected chi connectivity index (χ0v) is 17.6. The second kappa shape index (κ2) is 8.96. The third-order valence-corrected chi connectivity index (χ3v) is 6.75. The van der Waals surface area contributed by atoms with Crippen molar-refractivity contribution >= 4 is 61.8 Å². The molecule has 1 aromatic heterocycles. The Balaban J connectivity index is 1.75. The van der Waals surface area contributed by atoms with Crippen LogP contribution >= 0.6 is 34.5 Å². The smallest absolute Gasteiger partial charge is 0.263 e. The fourth-order valence-electron chi connectivity index (χ4n) is 2.45. The molecule has 0 bridgehead atoms. The highest BCUT2D eigenvalue weighted by atomic mass is 35.5. The van der Waals surface area contributed by atoms with Crippen LogP contribution in [-0.4, -0.2) is 14.3 Å². The van der Waals surface area contributed by atoms with Gasteiger partial charge in [0, 0.05) is 12.1 Å². The number of thiophene rings is 1. The lowest BCUT2D eigenvalue weighted by Crippen LogP contribution is -2.16. The molecule has 1 heterocycles. The van der Waals surface area contributed by atoms with E-state index in [0.717, 1.165) is 5.56 Å². The van der Waals surface area contributed by atoms with E-state index in [4.69, 9.17) is 23.2 Å². The van der Waals surface area contributed by atoms with Gasteiger partial charge in [0.05, 0.1) is 15.7 Å². The molecule has 0 fully saturated rings. The molecule has 146 valence electrons. The lowest BCUT2D eigenvalue weighted by molar-refractivity contribution is -0.116. The first-order valence-electron chi connectivity index (χ1n) is 8.23. The molecule has 0 saturated carbocycles. The maximum Gasteiger partial charge on any atom is 0.263 e. The van der Waals surface area contributed by atoms with E-state index >= 15 is 0 Å². The number of carbonyl (C=O) groups excluding carboxylic acids is 1. The fourth-order valence-corrected chi connectivity index (χ4v) is 5.00. The number of hydrogen-bond acceptors (Lipinski definition) is 4. The van der Waals surface area contributed by atoms with Crippen molar-refractivity contribution in [2.45, 2.75) is 17.7 Å². The van der Waals surface area contributed by atoms with Crippen LogP contribution in [0.1, 0.15) is 12.0 Å². The van der Waals surface area contributed by atoms with Crippen LogP contribution in [0.3, 0.4) is 0 Å². The minimum atomic E-state index is -3.99. The van der Waals surface area contributed by atoms with Crippen LogP contribution in [0.15, 0.2) is 64.2 Å². The van der Waals surface area contributed by atoms with Gasteiger partial charge in [0.25, 0.3) is 10.0 Å². The second-order valence-corrected chi connectivity index (χ2v) is 9.16. The molecule has 0 saturated heterocycles. The number of amides is 1. The first-order valence-corrected chi connectivity index (χ1v) is 11.4. The number of aryl methyl sites for hydroxylation is 1. The number of hydrogen-bond donors (Lipinski definition) is 2. The van der Waals surface area contributed by atoms with E-state index in [1.54, 1.807) is 41.7 Å². The van der Waals surface area contributed by atoms with Crippen LogP contribution in [0.4, 0.5) is 11.4 Å². The zero-order valence-electron chi connectivity index (χ0n) is 14.5. The van der Waals surface area contributed by atoms with Gasteiger partial charge in [-0.1, -0.05) is 35.3 Å². The summed E-state index contributed by atoms with van der Waals surface area (Å²) in [6, 6.07) is 12.7. The van der Waals surface area contributed by atoms with Crippen LogP contribution in [0, 0.1) is 0 Å². The van der Waals surface area contributed by atoms with Gasteiger partial charge in [-0.25, -0.2) is 8.42 Å². The van der Waals surface area contributed by atoms with Crippen molar-refractivity contribution in [3.63, 3.8) is 0 Å².